The Hall–Kier alpha value is -3.02. The number of benzene rings is 2. The Kier molecular flexibility index (Phi) is 5.41. The summed E-state index contributed by atoms with van der Waals surface area (Å²) in [7, 11) is 0. The van der Waals surface area contributed by atoms with E-state index in [1.165, 1.54) is 0 Å². The van der Waals surface area contributed by atoms with Crippen molar-refractivity contribution >= 4 is 17.6 Å². The molecule has 0 fully saturated rings. The molecule has 1 amide bonds. The molecule has 136 valence electrons. The number of anilines is 1. The number of hydrogen-bond acceptors (Lipinski definition) is 4. The molecule has 6 nitrogen and oxygen atoms in total. The quantitative estimate of drug-likeness (QED) is 0.773. The van der Waals surface area contributed by atoms with Crippen LogP contribution in [0.2, 0.25) is 0 Å². The standard InChI is InChI=1S/C20H21NO5/c1-14-6-4-7-15(12-14)25-11-5-10-21-16-8-2-3-9-17(16)26-18(20(21)24)13-19(22)23/h2-4,6-9,12,18H,5,10-11,13H2,1H3,(H,22,23). The van der Waals surface area contributed by atoms with Crippen LogP contribution in [0.3, 0.4) is 0 Å². The third-order valence-corrected chi connectivity index (χ3v) is 4.11. The molecule has 1 N–H and O–H groups in total. The van der Waals surface area contributed by atoms with Crippen molar-refractivity contribution in [1.29, 1.82) is 0 Å². The lowest BCUT2D eigenvalue weighted by atomic mass is 10.1. The van der Waals surface area contributed by atoms with Gasteiger partial charge < -0.3 is 19.5 Å². The molecule has 0 aliphatic carbocycles. The van der Waals surface area contributed by atoms with Crippen LogP contribution in [0.5, 0.6) is 11.5 Å². The summed E-state index contributed by atoms with van der Waals surface area (Å²) in [5.74, 6) is -0.0764. The average molecular weight is 355 g/mol. The Balaban J connectivity index is 1.65. The Labute approximate surface area is 152 Å². The number of aryl methyl sites for hydroxylation is 1. The number of amides is 1. The maximum atomic E-state index is 12.6. The molecule has 0 aromatic heterocycles. The summed E-state index contributed by atoms with van der Waals surface area (Å²) in [5.41, 5.74) is 1.78. The van der Waals surface area contributed by atoms with E-state index >= 15 is 0 Å². The van der Waals surface area contributed by atoms with Crippen LogP contribution in [0.25, 0.3) is 0 Å². The van der Waals surface area contributed by atoms with Gasteiger partial charge in [0.2, 0.25) is 0 Å². The minimum absolute atomic E-state index is 0.332. The molecule has 1 heterocycles. The first-order valence-corrected chi connectivity index (χ1v) is 8.53. The third kappa shape index (κ3) is 4.14. The fourth-order valence-electron chi connectivity index (χ4n) is 2.91. The molecule has 2 aromatic rings. The van der Waals surface area contributed by atoms with Gasteiger partial charge in [-0.05, 0) is 43.2 Å². The van der Waals surface area contributed by atoms with Crippen molar-refractivity contribution in [3.05, 3.63) is 54.1 Å². The van der Waals surface area contributed by atoms with Gasteiger partial charge in [-0.15, -0.1) is 0 Å². The van der Waals surface area contributed by atoms with Crippen molar-refractivity contribution < 1.29 is 24.2 Å². The lowest BCUT2D eigenvalue weighted by Gasteiger charge is -2.33. The minimum Gasteiger partial charge on any atom is -0.494 e. The number of hydrogen-bond donors (Lipinski definition) is 1. The Morgan fingerprint density at radius 2 is 2.04 bits per heavy atom. The molecule has 3 rings (SSSR count). The zero-order chi connectivity index (χ0) is 18.5. The van der Waals surface area contributed by atoms with Gasteiger partial charge >= 0.3 is 5.97 Å². The summed E-state index contributed by atoms with van der Waals surface area (Å²) < 4.78 is 11.3. The molecule has 1 atom stereocenters. The number of rotatable bonds is 7. The highest BCUT2D eigenvalue weighted by molar-refractivity contribution is 6.01. The van der Waals surface area contributed by atoms with Gasteiger partial charge in [-0.2, -0.15) is 0 Å². The van der Waals surface area contributed by atoms with E-state index in [4.69, 9.17) is 14.6 Å². The molecule has 0 saturated heterocycles. The van der Waals surface area contributed by atoms with Crippen molar-refractivity contribution in [3.8, 4) is 11.5 Å². The second kappa shape index (κ2) is 7.91. The molecule has 26 heavy (non-hydrogen) atoms. The summed E-state index contributed by atoms with van der Waals surface area (Å²) in [4.78, 5) is 25.2. The van der Waals surface area contributed by atoms with Gasteiger partial charge in [0.15, 0.2) is 6.10 Å². The van der Waals surface area contributed by atoms with Crippen LogP contribution in [-0.2, 0) is 9.59 Å². The molecule has 6 heteroatoms. The maximum Gasteiger partial charge on any atom is 0.307 e. The molecule has 1 aliphatic heterocycles. The van der Waals surface area contributed by atoms with Crippen LogP contribution in [0.4, 0.5) is 5.69 Å². The molecular weight excluding hydrogens is 334 g/mol. The predicted octanol–water partition coefficient (Wildman–Crippen LogP) is 3.03. The second-order valence-corrected chi connectivity index (χ2v) is 6.18. The number of aliphatic carboxylic acids is 1. The summed E-state index contributed by atoms with van der Waals surface area (Å²) >= 11 is 0. The molecular formula is C20H21NO5. The fraction of sp³-hybridized carbons (Fsp3) is 0.300. The van der Waals surface area contributed by atoms with Gasteiger partial charge in [-0.1, -0.05) is 24.3 Å². The molecule has 1 aliphatic rings. The second-order valence-electron chi connectivity index (χ2n) is 6.18. The highest BCUT2D eigenvalue weighted by atomic mass is 16.5. The van der Waals surface area contributed by atoms with Gasteiger partial charge in [0.05, 0.1) is 18.7 Å². The van der Waals surface area contributed by atoms with E-state index in [1.54, 1.807) is 23.1 Å². The third-order valence-electron chi connectivity index (χ3n) is 4.11. The number of carbonyl (C=O) groups is 2. The largest absolute Gasteiger partial charge is 0.494 e. The molecule has 0 spiro atoms. The summed E-state index contributed by atoms with van der Waals surface area (Å²) in [6.45, 7) is 2.89. The number of para-hydroxylation sites is 2. The van der Waals surface area contributed by atoms with Gasteiger partial charge in [0.1, 0.15) is 11.5 Å². The molecule has 2 aromatic carbocycles. The maximum absolute atomic E-state index is 12.6. The number of nitrogens with zero attached hydrogens (tertiary/aromatic N) is 1. The minimum atomic E-state index is -1.06. The average Bonchev–Trinajstić information content (AvgIpc) is 2.61. The Morgan fingerprint density at radius 3 is 2.81 bits per heavy atom. The van der Waals surface area contributed by atoms with Crippen LogP contribution >= 0.6 is 0 Å². The molecule has 0 radical (unpaired) electrons. The number of fused-ring (bicyclic) bond motifs is 1. The van der Waals surface area contributed by atoms with Crippen LogP contribution in [0.1, 0.15) is 18.4 Å². The van der Waals surface area contributed by atoms with Crippen molar-refractivity contribution in [2.24, 2.45) is 0 Å². The number of carboxylic acids is 1. The van der Waals surface area contributed by atoms with E-state index in [0.717, 1.165) is 11.3 Å². The van der Waals surface area contributed by atoms with Crippen molar-refractivity contribution in [2.75, 3.05) is 18.1 Å². The lowest BCUT2D eigenvalue weighted by molar-refractivity contribution is -0.142. The van der Waals surface area contributed by atoms with Crippen LogP contribution in [0, 0.1) is 6.92 Å². The first-order chi connectivity index (χ1) is 12.5. The normalized spacial score (nSPS) is 16.0. The van der Waals surface area contributed by atoms with Crippen LogP contribution in [0.15, 0.2) is 48.5 Å². The Bertz CT molecular complexity index is 804. The monoisotopic (exact) mass is 355 g/mol. The van der Waals surface area contributed by atoms with E-state index in [2.05, 4.69) is 0 Å². The number of ether oxygens (including phenoxy) is 2. The zero-order valence-electron chi connectivity index (χ0n) is 14.6. The van der Waals surface area contributed by atoms with Crippen LogP contribution < -0.4 is 14.4 Å². The summed E-state index contributed by atoms with van der Waals surface area (Å²) in [5, 5.41) is 9.01. The Morgan fingerprint density at radius 1 is 1.23 bits per heavy atom. The van der Waals surface area contributed by atoms with Gasteiger partial charge in [0.25, 0.3) is 5.91 Å². The van der Waals surface area contributed by atoms with Gasteiger partial charge in [-0.3, -0.25) is 9.59 Å². The van der Waals surface area contributed by atoms with Crippen LogP contribution in [-0.4, -0.2) is 36.2 Å². The van der Waals surface area contributed by atoms with E-state index in [-0.39, 0.29) is 12.3 Å². The summed E-state index contributed by atoms with van der Waals surface area (Å²) in [6.07, 6.45) is -0.739. The number of carbonyl (C=O) groups excluding carboxylic acids is 1. The fourth-order valence-corrected chi connectivity index (χ4v) is 2.91. The first kappa shape index (κ1) is 17.8. The SMILES string of the molecule is Cc1cccc(OCCCN2C(=O)C(CC(=O)O)Oc3ccccc32)c1. The van der Waals surface area contributed by atoms with Crippen molar-refractivity contribution in [2.45, 2.75) is 25.9 Å². The zero-order valence-corrected chi connectivity index (χ0v) is 14.6. The van der Waals surface area contributed by atoms with E-state index in [0.29, 0.717) is 31.0 Å². The smallest absolute Gasteiger partial charge is 0.307 e. The van der Waals surface area contributed by atoms with Gasteiger partial charge in [0, 0.05) is 6.54 Å². The van der Waals surface area contributed by atoms with E-state index < -0.39 is 12.1 Å². The topological polar surface area (TPSA) is 76.1 Å². The lowest BCUT2D eigenvalue weighted by Crippen LogP contribution is -2.47. The predicted molar refractivity (Wildman–Crippen MR) is 96.8 cm³/mol. The summed E-state index contributed by atoms with van der Waals surface area (Å²) in [6, 6.07) is 14.9. The first-order valence-electron chi connectivity index (χ1n) is 8.53. The molecule has 0 saturated carbocycles. The molecule has 0 bridgehead atoms. The number of carboxylic acid groups (broad SMARTS) is 1. The van der Waals surface area contributed by atoms with E-state index in [1.807, 2.05) is 37.3 Å². The van der Waals surface area contributed by atoms with E-state index in [9.17, 15) is 9.59 Å². The van der Waals surface area contributed by atoms with Crippen molar-refractivity contribution in [3.63, 3.8) is 0 Å². The van der Waals surface area contributed by atoms with Gasteiger partial charge in [-0.25, -0.2) is 0 Å². The van der Waals surface area contributed by atoms with Crippen molar-refractivity contribution in [1.82, 2.24) is 0 Å². The highest BCUT2D eigenvalue weighted by Crippen LogP contribution is 2.34. The molecule has 1 unspecified atom stereocenters. The highest BCUT2D eigenvalue weighted by Gasteiger charge is 2.35.